The van der Waals surface area contributed by atoms with Gasteiger partial charge in [0, 0.05) is 5.92 Å². The molecule has 1 nitrogen and oxygen atoms in total. The maximum absolute atomic E-state index is 12.8. The van der Waals surface area contributed by atoms with E-state index in [0.717, 1.165) is 28.8 Å². The number of halogens is 3. The first kappa shape index (κ1) is 14.1. The summed E-state index contributed by atoms with van der Waals surface area (Å²) in [5.41, 5.74) is 2.64. The summed E-state index contributed by atoms with van der Waals surface area (Å²) in [5.74, 6) is -0.0436. The van der Waals surface area contributed by atoms with Crippen LogP contribution in [0.4, 0.5) is 13.2 Å². The molecule has 1 aliphatic rings. The third kappa shape index (κ3) is 2.56. The third-order valence-electron chi connectivity index (χ3n) is 4.09. The Morgan fingerprint density at radius 2 is 1.67 bits per heavy atom. The zero-order valence-electron chi connectivity index (χ0n) is 11.5. The van der Waals surface area contributed by atoms with Crippen LogP contribution in [0.5, 0.6) is 0 Å². The van der Waals surface area contributed by atoms with Crippen LogP contribution in [0.3, 0.4) is 0 Å². The lowest BCUT2D eigenvalue weighted by Crippen LogP contribution is -2.06. The van der Waals surface area contributed by atoms with Crippen molar-refractivity contribution in [1.29, 1.82) is 0 Å². The minimum Gasteiger partial charge on any atom is -0.388 e. The summed E-state index contributed by atoms with van der Waals surface area (Å²) in [4.78, 5) is 0. The molecule has 0 saturated carbocycles. The topological polar surface area (TPSA) is 20.2 Å². The van der Waals surface area contributed by atoms with E-state index in [0.29, 0.717) is 12.0 Å². The highest BCUT2D eigenvalue weighted by atomic mass is 19.4. The van der Waals surface area contributed by atoms with Gasteiger partial charge in [0.25, 0.3) is 0 Å². The van der Waals surface area contributed by atoms with Gasteiger partial charge >= 0.3 is 6.18 Å². The van der Waals surface area contributed by atoms with Gasteiger partial charge in [-0.3, -0.25) is 0 Å². The lowest BCUT2D eigenvalue weighted by atomic mass is 9.92. The first-order chi connectivity index (χ1) is 9.86. The van der Waals surface area contributed by atoms with Crippen LogP contribution >= 0.6 is 0 Å². The summed E-state index contributed by atoms with van der Waals surface area (Å²) >= 11 is 0. The largest absolute Gasteiger partial charge is 0.416 e. The molecule has 0 aromatic heterocycles. The maximum Gasteiger partial charge on any atom is 0.416 e. The minimum absolute atomic E-state index is 0.0436. The number of alkyl halides is 3. The number of aliphatic hydroxyl groups is 1. The summed E-state index contributed by atoms with van der Waals surface area (Å²) in [6.45, 7) is 1.98. The minimum atomic E-state index is -4.38. The van der Waals surface area contributed by atoms with Gasteiger partial charge in [0.05, 0.1) is 11.7 Å². The van der Waals surface area contributed by atoms with E-state index in [4.69, 9.17) is 0 Å². The quantitative estimate of drug-likeness (QED) is 0.815. The van der Waals surface area contributed by atoms with E-state index < -0.39 is 17.8 Å². The van der Waals surface area contributed by atoms with Crippen molar-refractivity contribution in [2.75, 3.05) is 0 Å². The number of aliphatic hydroxyl groups excluding tert-OH is 1. The fourth-order valence-electron chi connectivity index (χ4n) is 2.95. The molecule has 4 heteroatoms. The number of fused-ring (bicyclic) bond motifs is 1. The van der Waals surface area contributed by atoms with Crippen molar-refractivity contribution < 1.29 is 18.3 Å². The Hall–Kier alpha value is -1.81. The number of hydrogen-bond acceptors (Lipinski definition) is 1. The second kappa shape index (κ2) is 4.88. The first-order valence-electron chi connectivity index (χ1n) is 6.82. The van der Waals surface area contributed by atoms with Gasteiger partial charge < -0.3 is 5.11 Å². The van der Waals surface area contributed by atoms with Crippen LogP contribution in [-0.2, 0) is 6.18 Å². The van der Waals surface area contributed by atoms with Crippen LogP contribution in [0.2, 0.25) is 0 Å². The Morgan fingerprint density at radius 3 is 2.29 bits per heavy atom. The van der Waals surface area contributed by atoms with E-state index in [1.54, 1.807) is 0 Å². The van der Waals surface area contributed by atoms with Crippen molar-refractivity contribution in [3.63, 3.8) is 0 Å². The summed E-state index contributed by atoms with van der Waals surface area (Å²) in [6.07, 6.45) is -4.79. The van der Waals surface area contributed by atoms with E-state index >= 15 is 0 Å². The molecule has 110 valence electrons. The van der Waals surface area contributed by atoms with Gasteiger partial charge in [0.15, 0.2) is 0 Å². The normalized spacial score (nSPS) is 21.4. The van der Waals surface area contributed by atoms with E-state index in [2.05, 4.69) is 0 Å². The average Bonchev–Trinajstić information content (AvgIpc) is 2.76. The monoisotopic (exact) mass is 292 g/mol. The van der Waals surface area contributed by atoms with Crippen molar-refractivity contribution >= 4 is 0 Å². The number of rotatable bonds is 1. The smallest absolute Gasteiger partial charge is 0.388 e. The Kier molecular flexibility index (Phi) is 3.29. The second-order valence-electron chi connectivity index (χ2n) is 5.56. The zero-order valence-corrected chi connectivity index (χ0v) is 11.5. The molecule has 1 N–H and O–H groups in total. The van der Waals surface area contributed by atoms with Crippen LogP contribution in [0.15, 0.2) is 42.5 Å². The molecule has 0 unspecified atom stereocenters. The summed E-state index contributed by atoms with van der Waals surface area (Å²) in [5, 5.41) is 10.1. The Bertz CT molecular complexity index is 659. The van der Waals surface area contributed by atoms with Gasteiger partial charge in [-0.25, -0.2) is 0 Å². The molecule has 0 fully saturated rings. The second-order valence-corrected chi connectivity index (χ2v) is 5.56. The predicted molar refractivity (Wildman–Crippen MR) is 74.0 cm³/mol. The zero-order chi connectivity index (χ0) is 15.2. The molecule has 2 atom stereocenters. The van der Waals surface area contributed by atoms with E-state index in [-0.39, 0.29) is 5.92 Å². The molecule has 2 aromatic rings. The molecule has 3 rings (SSSR count). The van der Waals surface area contributed by atoms with Gasteiger partial charge in [-0.15, -0.1) is 0 Å². The molecule has 0 heterocycles. The van der Waals surface area contributed by atoms with Crippen molar-refractivity contribution in [2.45, 2.75) is 31.5 Å². The Morgan fingerprint density at radius 1 is 1.00 bits per heavy atom. The molecule has 21 heavy (non-hydrogen) atoms. The lowest BCUT2D eigenvalue weighted by molar-refractivity contribution is -0.137. The molecule has 0 bridgehead atoms. The van der Waals surface area contributed by atoms with Gasteiger partial charge in [-0.1, -0.05) is 35.9 Å². The Labute approximate surface area is 121 Å². The van der Waals surface area contributed by atoms with Crippen molar-refractivity contribution in [1.82, 2.24) is 0 Å². The third-order valence-corrected chi connectivity index (χ3v) is 4.09. The standard InChI is InChI=1S/C17H15F3O/c1-10-2-4-11(5-3-10)14-9-16(21)15-8-12(17(18,19)20)6-7-13(14)15/h2-8,14,16,21H,9H2,1H3/t14-,16-/m1/s1. The highest BCUT2D eigenvalue weighted by Gasteiger charge is 2.36. The SMILES string of the molecule is Cc1ccc([C@H]2C[C@@H](O)c3cc(C(F)(F)F)ccc32)cc1. The summed E-state index contributed by atoms with van der Waals surface area (Å²) < 4.78 is 38.3. The highest BCUT2D eigenvalue weighted by Crippen LogP contribution is 2.45. The van der Waals surface area contributed by atoms with E-state index in [9.17, 15) is 18.3 Å². The van der Waals surface area contributed by atoms with Crippen molar-refractivity contribution in [3.8, 4) is 0 Å². The molecular formula is C17H15F3O. The lowest BCUT2D eigenvalue weighted by Gasteiger charge is -2.13. The molecule has 1 aliphatic carbocycles. The predicted octanol–water partition coefficient (Wildman–Crippen LogP) is 4.58. The molecule has 0 aliphatic heterocycles. The fraction of sp³-hybridized carbons (Fsp3) is 0.294. The van der Waals surface area contributed by atoms with Crippen LogP contribution < -0.4 is 0 Å². The molecule has 2 aromatic carbocycles. The van der Waals surface area contributed by atoms with E-state index in [1.807, 2.05) is 31.2 Å². The van der Waals surface area contributed by atoms with Crippen molar-refractivity contribution in [3.05, 3.63) is 70.3 Å². The van der Waals surface area contributed by atoms with Gasteiger partial charge in [-0.05, 0) is 42.2 Å². The maximum atomic E-state index is 12.8. The van der Waals surface area contributed by atoms with Gasteiger partial charge in [-0.2, -0.15) is 13.2 Å². The first-order valence-corrected chi connectivity index (χ1v) is 6.82. The molecule has 0 saturated heterocycles. The van der Waals surface area contributed by atoms with Crippen LogP contribution in [-0.4, -0.2) is 5.11 Å². The molecule has 0 radical (unpaired) electrons. The molecular weight excluding hydrogens is 277 g/mol. The molecule has 0 spiro atoms. The Balaban J connectivity index is 2.02. The fourth-order valence-corrected chi connectivity index (χ4v) is 2.95. The summed E-state index contributed by atoms with van der Waals surface area (Å²) in [6, 6.07) is 11.6. The average molecular weight is 292 g/mol. The number of hydrogen-bond donors (Lipinski definition) is 1. The van der Waals surface area contributed by atoms with E-state index in [1.165, 1.54) is 6.07 Å². The molecule has 0 amide bonds. The van der Waals surface area contributed by atoms with Crippen LogP contribution in [0.1, 0.15) is 46.3 Å². The summed E-state index contributed by atoms with van der Waals surface area (Å²) in [7, 11) is 0. The van der Waals surface area contributed by atoms with Gasteiger partial charge in [0.1, 0.15) is 0 Å². The number of benzene rings is 2. The highest BCUT2D eigenvalue weighted by molar-refractivity contribution is 5.46. The van der Waals surface area contributed by atoms with Crippen LogP contribution in [0.25, 0.3) is 0 Å². The van der Waals surface area contributed by atoms with Crippen LogP contribution in [0, 0.1) is 6.92 Å². The van der Waals surface area contributed by atoms with Crippen molar-refractivity contribution in [2.24, 2.45) is 0 Å². The van der Waals surface area contributed by atoms with Gasteiger partial charge in [0.2, 0.25) is 0 Å². The number of aryl methyl sites for hydroxylation is 1.